The van der Waals surface area contributed by atoms with Crippen molar-refractivity contribution in [3.8, 4) is 23.6 Å². The highest BCUT2D eigenvalue weighted by Crippen LogP contribution is 2.25. The molecule has 0 bridgehead atoms. The van der Waals surface area contributed by atoms with E-state index in [1.807, 2.05) is 13.8 Å². The van der Waals surface area contributed by atoms with Gasteiger partial charge in [0.25, 0.3) is 0 Å². The smallest absolute Gasteiger partial charge is 0.226 e. The molecule has 5 nitrogen and oxygen atoms in total. The van der Waals surface area contributed by atoms with Gasteiger partial charge in [-0.05, 0) is 37.6 Å². The maximum atomic E-state index is 8.81. The van der Waals surface area contributed by atoms with E-state index in [1.165, 1.54) is 6.33 Å². The fraction of sp³-hybridized carbons (Fsp3) is 0.214. The van der Waals surface area contributed by atoms with Gasteiger partial charge >= 0.3 is 0 Å². The highest BCUT2D eigenvalue weighted by molar-refractivity contribution is 5.42. The fourth-order valence-corrected chi connectivity index (χ4v) is 1.55. The second-order valence-electron chi connectivity index (χ2n) is 3.82. The third-order valence-electron chi connectivity index (χ3n) is 2.43. The molecule has 0 aliphatic carbocycles. The van der Waals surface area contributed by atoms with E-state index in [0.29, 0.717) is 29.7 Å². The molecule has 2 aromatic rings. The van der Waals surface area contributed by atoms with Crippen LogP contribution in [0.5, 0.6) is 17.5 Å². The zero-order valence-corrected chi connectivity index (χ0v) is 10.8. The lowest BCUT2D eigenvalue weighted by atomic mass is 10.1. The van der Waals surface area contributed by atoms with Crippen LogP contribution in [0.25, 0.3) is 0 Å². The lowest BCUT2D eigenvalue weighted by Crippen LogP contribution is -1.97. The molecule has 19 heavy (non-hydrogen) atoms. The van der Waals surface area contributed by atoms with Crippen molar-refractivity contribution in [2.24, 2.45) is 0 Å². The zero-order valence-electron chi connectivity index (χ0n) is 10.8. The van der Waals surface area contributed by atoms with E-state index in [-0.39, 0.29) is 0 Å². The first kappa shape index (κ1) is 12.8. The predicted molar refractivity (Wildman–Crippen MR) is 69.2 cm³/mol. The van der Waals surface area contributed by atoms with Crippen molar-refractivity contribution in [1.82, 2.24) is 9.97 Å². The molecule has 1 aromatic carbocycles. The average Bonchev–Trinajstić information content (AvgIpc) is 2.42. The Morgan fingerprint density at radius 1 is 1.21 bits per heavy atom. The van der Waals surface area contributed by atoms with Gasteiger partial charge in [0.2, 0.25) is 11.8 Å². The van der Waals surface area contributed by atoms with Crippen LogP contribution in [-0.2, 0) is 0 Å². The van der Waals surface area contributed by atoms with E-state index in [2.05, 4.69) is 16.0 Å². The first-order valence-electron chi connectivity index (χ1n) is 5.86. The van der Waals surface area contributed by atoms with Gasteiger partial charge in [-0.1, -0.05) is 0 Å². The standard InChI is InChI=1S/C14H13N3O2/c1-3-18-13-7-14(17-9-16-13)19-12-5-4-11(8-15)6-10(12)2/h4-7,9H,3H2,1-2H3. The van der Waals surface area contributed by atoms with Crippen LogP contribution >= 0.6 is 0 Å². The molecule has 2 rings (SSSR count). The number of aryl methyl sites for hydroxylation is 1. The molecule has 0 aliphatic heterocycles. The maximum Gasteiger partial charge on any atom is 0.226 e. The van der Waals surface area contributed by atoms with Crippen LogP contribution in [-0.4, -0.2) is 16.6 Å². The molecule has 5 heteroatoms. The molecule has 0 amide bonds. The summed E-state index contributed by atoms with van der Waals surface area (Å²) >= 11 is 0. The topological polar surface area (TPSA) is 68.0 Å². The quantitative estimate of drug-likeness (QED) is 0.840. The first-order valence-corrected chi connectivity index (χ1v) is 5.86. The van der Waals surface area contributed by atoms with Gasteiger partial charge in [-0.15, -0.1) is 0 Å². The Labute approximate surface area is 111 Å². The summed E-state index contributed by atoms with van der Waals surface area (Å²) < 4.78 is 10.9. The van der Waals surface area contributed by atoms with Crippen molar-refractivity contribution in [1.29, 1.82) is 5.26 Å². The van der Waals surface area contributed by atoms with E-state index >= 15 is 0 Å². The Morgan fingerprint density at radius 3 is 2.68 bits per heavy atom. The third kappa shape index (κ3) is 3.19. The molecular weight excluding hydrogens is 242 g/mol. The molecule has 1 heterocycles. The normalized spacial score (nSPS) is 9.74. The Hall–Kier alpha value is -2.61. The second kappa shape index (κ2) is 5.83. The fourth-order valence-electron chi connectivity index (χ4n) is 1.55. The number of rotatable bonds is 4. The van der Waals surface area contributed by atoms with Crippen LogP contribution in [0.3, 0.4) is 0 Å². The molecule has 0 saturated carbocycles. The molecule has 0 fully saturated rings. The molecule has 0 radical (unpaired) electrons. The number of ether oxygens (including phenoxy) is 2. The Bertz CT molecular complexity index is 620. The minimum absolute atomic E-state index is 0.409. The largest absolute Gasteiger partial charge is 0.478 e. The minimum atomic E-state index is 0.409. The molecular formula is C14H13N3O2. The van der Waals surface area contributed by atoms with Gasteiger partial charge < -0.3 is 9.47 Å². The molecule has 1 aromatic heterocycles. The molecule has 0 spiro atoms. The van der Waals surface area contributed by atoms with Crippen molar-refractivity contribution in [2.45, 2.75) is 13.8 Å². The maximum absolute atomic E-state index is 8.81. The van der Waals surface area contributed by atoms with E-state index in [4.69, 9.17) is 14.7 Å². The minimum Gasteiger partial charge on any atom is -0.478 e. The van der Waals surface area contributed by atoms with Gasteiger partial charge in [-0.3, -0.25) is 0 Å². The van der Waals surface area contributed by atoms with E-state index in [0.717, 1.165) is 5.56 Å². The Kier molecular flexibility index (Phi) is 3.94. The summed E-state index contributed by atoms with van der Waals surface area (Å²) in [6.07, 6.45) is 1.39. The predicted octanol–water partition coefficient (Wildman–Crippen LogP) is 2.85. The SMILES string of the molecule is CCOc1cc(Oc2ccc(C#N)cc2C)ncn1. The van der Waals surface area contributed by atoms with Crippen molar-refractivity contribution < 1.29 is 9.47 Å². The highest BCUT2D eigenvalue weighted by Gasteiger charge is 2.05. The molecule has 96 valence electrons. The summed E-state index contributed by atoms with van der Waals surface area (Å²) in [6, 6.07) is 8.92. The number of aromatic nitrogens is 2. The van der Waals surface area contributed by atoms with Crippen LogP contribution in [0.15, 0.2) is 30.6 Å². The monoisotopic (exact) mass is 255 g/mol. The molecule has 0 atom stereocenters. The van der Waals surface area contributed by atoms with Crippen molar-refractivity contribution in [2.75, 3.05) is 6.61 Å². The average molecular weight is 255 g/mol. The van der Waals surface area contributed by atoms with Crippen molar-refractivity contribution in [3.05, 3.63) is 41.7 Å². The summed E-state index contributed by atoms with van der Waals surface area (Å²) in [5, 5.41) is 8.81. The van der Waals surface area contributed by atoms with Gasteiger partial charge in [0, 0.05) is 0 Å². The number of nitriles is 1. The first-order chi connectivity index (χ1) is 9.22. The molecule has 0 saturated heterocycles. The van der Waals surface area contributed by atoms with Crippen LogP contribution in [0.2, 0.25) is 0 Å². The van der Waals surface area contributed by atoms with E-state index in [9.17, 15) is 0 Å². The Balaban J connectivity index is 2.21. The second-order valence-corrected chi connectivity index (χ2v) is 3.82. The van der Waals surface area contributed by atoms with Gasteiger partial charge in [0.05, 0.1) is 24.3 Å². The van der Waals surface area contributed by atoms with Crippen LogP contribution < -0.4 is 9.47 Å². The van der Waals surface area contributed by atoms with Crippen LogP contribution in [0, 0.1) is 18.3 Å². The van der Waals surface area contributed by atoms with Gasteiger partial charge in [-0.25, -0.2) is 9.97 Å². The number of benzene rings is 1. The van der Waals surface area contributed by atoms with Crippen molar-refractivity contribution in [3.63, 3.8) is 0 Å². The molecule has 0 aliphatic rings. The highest BCUT2D eigenvalue weighted by atomic mass is 16.5. The summed E-state index contributed by atoms with van der Waals surface area (Å²) in [7, 11) is 0. The van der Waals surface area contributed by atoms with Crippen LogP contribution in [0.4, 0.5) is 0 Å². The van der Waals surface area contributed by atoms with Gasteiger partial charge in [0.15, 0.2) is 0 Å². The lowest BCUT2D eigenvalue weighted by Gasteiger charge is -2.08. The Morgan fingerprint density at radius 2 is 2.00 bits per heavy atom. The van der Waals surface area contributed by atoms with E-state index in [1.54, 1.807) is 24.3 Å². The zero-order chi connectivity index (χ0) is 13.7. The summed E-state index contributed by atoms with van der Waals surface area (Å²) in [5.74, 6) is 1.53. The van der Waals surface area contributed by atoms with Gasteiger partial charge in [0.1, 0.15) is 12.1 Å². The number of nitrogens with zero attached hydrogens (tertiary/aromatic N) is 3. The molecule has 0 unspecified atom stereocenters. The molecule has 0 N–H and O–H groups in total. The summed E-state index contributed by atoms with van der Waals surface area (Å²) in [5.41, 5.74) is 1.47. The van der Waals surface area contributed by atoms with Gasteiger partial charge in [-0.2, -0.15) is 5.26 Å². The van der Waals surface area contributed by atoms with Crippen molar-refractivity contribution >= 4 is 0 Å². The van der Waals surface area contributed by atoms with Crippen LogP contribution in [0.1, 0.15) is 18.1 Å². The lowest BCUT2D eigenvalue weighted by molar-refractivity contribution is 0.322. The third-order valence-corrected chi connectivity index (χ3v) is 2.43. The number of hydrogen-bond acceptors (Lipinski definition) is 5. The summed E-state index contributed by atoms with van der Waals surface area (Å²) in [4.78, 5) is 7.99. The number of hydrogen-bond donors (Lipinski definition) is 0. The van der Waals surface area contributed by atoms with E-state index < -0.39 is 0 Å². The summed E-state index contributed by atoms with van der Waals surface area (Å²) in [6.45, 7) is 4.29.